The number of guanidine groups is 1. The van der Waals surface area contributed by atoms with E-state index in [4.69, 9.17) is 16.7 Å². The van der Waals surface area contributed by atoms with Gasteiger partial charge in [0.1, 0.15) is 12.7 Å². The molecule has 1 aliphatic rings. The van der Waals surface area contributed by atoms with Crippen LogP contribution in [0.3, 0.4) is 0 Å². The fourth-order valence-electron chi connectivity index (χ4n) is 2.99. The highest BCUT2D eigenvalue weighted by molar-refractivity contribution is 5.97. The third-order valence-electron chi connectivity index (χ3n) is 4.68. The number of nitrogens with zero attached hydrogens (tertiary/aromatic N) is 3. The third-order valence-corrected chi connectivity index (χ3v) is 4.68. The number of carbonyl (C=O) groups excluding carboxylic acids is 4. The van der Waals surface area contributed by atoms with Gasteiger partial charge in [-0.3, -0.25) is 24.2 Å². The number of ketones is 1. The zero-order valence-electron chi connectivity index (χ0n) is 23.8. The van der Waals surface area contributed by atoms with Crippen LogP contribution in [0.4, 0.5) is 4.39 Å². The minimum Gasteiger partial charge on any atom is -0.370 e. The van der Waals surface area contributed by atoms with Crippen LogP contribution in [0.25, 0.3) is 0 Å². The Hall–Kier alpha value is -4.01. The van der Waals surface area contributed by atoms with Crippen LogP contribution < -0.4 is 22.1 Å². The molecule has 1 aliphatic heterocycles. The second kappa shape index (κ2) is 23.1. The summed E-state index contributed by atoms with van der Waals surface area (Å²) in [6.07, 6.45) is 3.30. The first kappa shape index (κ1) is 37.1. The minimum absolute atomic E-state index is 0.182. The van der Waals surface area contributed by atoms with Crippen molar-refractivity contribution in [2.24, 2.45) is 16.5 Å². The Morgan fingerprint density at radius 1 is 1.08 bits per heavy atom. The molecule has 11 nitrogen and oxygen atoms in total. The molecule has 1 fully saturated rings. The molecular weight excluding hydrogens is 505 g/mol. The fraction of sp³-hybridized carbons (Fsp3) is 0.556. The zero-order chi connectivity index (χ0) is 30.2. The van der Waals surface area contributed by atoms with Crippen LogP contribution in [0.1, 0.15) is 76.2 Å². The number of aliphatic imine (C=N–C) groups is 1. The molecule has 3 amide bonds. The predicted octanol–water partition coefficient (Wildman–Crippen LogP) is 2.05. The Bertz CT molecular complexity index is 942. The summed E-state index contributed by atoms with van der Waals surface area (Å²) in [5.74, 6) is -1.97. The Labute approximate surface area is 231 Å². The average Bonchev–Trinajstić information content (AvgIpc) is 3.45. The molecule has 1 unspecified atom stereocenters. The summed E-state index contributed by atoms with van der Waals surface area (Å²) in [5.41, 5.74) is 10.7. The highest BCUT2D eigenvalue weighted by Gasteiger charge is 2.34. The molecule has 0 saturated carbocycles. The maximum absolute atomic E-state index is 12.4. The number of nitriles is 1. The van der Waals surface area contributed by atoms with Crippen molar-refractivity contribution in [2.75, 3.05) is 32.9 Å². The second-order valence-electron chi connectivity index (χ2n) is 8.02. The molecule has 0 spiro atoms. The molecule has 218 valence electrons. The van der Waals surface area contributed by atoms with Gasteiger partial charge in [-0.2, -0.15) is 5.26 Å². The number of benzene rings is 1. The lowest BCUT2D eigenvalue weighted by molar-refractivity contribution is -0.138. The Kier molecular flexibility index (Phi) is 22.0. The van der Waals surface area contributed by atoms with E-state index in [0.29, 0.717) is 30.5 Å². The van der Waals surface area contributed by atoms with Gasteiger partial charge < -0.3 is 27.0 Å². The SMILES string of the molecule is CC.CCC.CCCN=C(N)N.N#Cc1ccc(C(=O)NCC(=O)N2CCCC2C(=O)NCC(=O)CF)cc1. The molecule has 39 heavy (non-hydrogen) atoms. The number of hydrogen-bond donors (Lipinski definition) is 4. The van der Waals surface area contributed by atoms with E-state index in [1.54, 1.807) is 0 Å². The number of carbonyl (C=O) groups is 4. The summed E-state index contributed by atoms with van der Waals surface area (Å²) in [4.78, 5) is 52.6. The lowest BCUT2D eigenvalue weighted by Gasteiger charge is -2.24. The molecule has 1 aromatic rings. The molecule has 1 heterocycles. The summed E-state index contributed by atoms with van der Waals surface area (Å²) in [5, 5.41) is 13.6. The van der Waals surface area contributed by atoms with Crippen molar-refractivity contribution in [1.82, 2.24) is 15.5 Å². The van der Waals surface area contributed by atoms with Gasteiger partial charge in [0.15, 0.2) is 11.7 Å². The van der Waals surface area contributed by atoms with E-state index in [-0.39, 0.29) is 12.5 Å². The largest absolute Gasteiger partial charge is 0.370 e. The lowest BCUT2D eigenvalue weighted by atomic mass is 10.1. The van der Waals surface area contributed by atoms with Gasteiger partial charge >= 0.3 is 0 Å². The number of nitrogens with one attached hydrogen (secondary N) is 2. The first-order chi connectivity index (χ1) is 18.6. The van der Waals surface area contributed by atoms with Crippen molar-refractivity contribution in [3.63, 3.8) is 0 Å². The smallest absolute Gasteiger partial charge is 0.251 e. The van der Waals surface area contributed by atoms with Gasteiger partial charge in [0.25, 0.3) is 5.91 Å². The van der Waals surface area contributed by atoms with E-state index in [2.05, 4.69) is 29.5 Å². The standard InChI is InChI=1S/C18H19FN4O4.C4H11N3.C3H8.C2H6/c19-8-14(24)10-21-18(27)15-2-1-7-23(15)16(25)11-22-17(26)13-5-3-12(9-20)4-6-13;1-2-3-7-4(5)6;1-3-2;1-2/h3-6,15H,1-2,7-8,10-11H2,(H,21,27)(H,22,26);2-3H2,1H3,(H4,5,6,7);3H2,1-2H3;1-2H3. The molecule has 0 radical (unpaired) electrons. The van der Waals surface area contributed by atoms with Crippen LogP contribution in [0.2, 0.25) is 0 Å². The van der Waals surface area contributed by atoms with Crippen molar-refractivity contribution in [3.8, 4) is 6.07 Å². The van der Waals surface area contributed by atoms with E-state index in [1.807, 2.05) is 26.8 Å². The summed E-state index contributed by atoms with van der Waals surface area (Å²) in [6, 6.07) is 7.16. The summed E-state index contributed by atoms with van der Waals surface area (Å²) < 4.78 is 12.2. The zero-order valence-corrected chi connectivity index (χ0v) is 23.8. The number of alkyl halides is 1. The Morgan fingerprint density at radius 2 is 1.67 bits per heavy atom. The van der Waals surface area contributed by atoms with Gasteiger partial charge in [-0.05, 0) is 43.5 Å². The molecule has 6 N–H and O–H groups in total. The van der Waals surface area contributed by atoms with Crippen LogP contribution >= 0.6 is 0 Å². The van der Waals surface area contributed by atoms with Crippen molar-refractivity contribution in [2.45, 2.75) is 66.3 Å². The number of halogens is 1. The number of Topliss-reactive ketones (excluding diaryl/α,β-unsaturated/α-hetero) is 1. The van der Waals surface area contributed by atoms with E-state index in [1.165, 1.54) is 35.6 Å². The van der Waals surface area contributed by atoms with Crippen LogP contribution in [-0.2, 0) is 14.4 Å². The van der Waals surface area contributed by atoms with E-state index < -0.39 is 42.8 Å². The van der Waals surface area contributed by atoms with Crippen LogP contribution in [0.5, 0.6) is 0 Å². The van der Waals surface area contributed by atoms with E-state index in [0.717, 1.165) is 13.0 Å². The molecular formula is C27H44FN7O4. The molecule has 0 bridgehead atoms. The summed E-state index contributed by atoms with van der Waals surface area (Å²) in [7, 11) is 0. The monoisotopic (exact) mass is 549 g/mol. The van der Waals surface area contributed by atoms with Gasteiger partial charge in [0, 0.05) is 18.7 Å². The first-order valence-corrected chi connectivity index (χ1v) is 13.1. The fourth-order valence-corrected chi connectivity index (χ4v) is 2.99. The van der Waals surface area contributed by atoms with Crippen molar-refractivity contribution in [3.05, 3.63) is 35.4 Å². The van der Waals surface area contributed by atoms with Gasteiger partial charge in [-0.25, -0.2) is 4.39 Å². The minimum atomic E-state index is -1.16. The normalized spacial score (nSPS) is 12.9. The molecule has 2 rings (SSSR count). The van der Waals surface area contributed by atoms with E-state index >= 15 is 0 Å². The van der Waals surface area contributed by atoms with Crippen LogP contribution in [0, 0.1) is 11.3 Å². The van der Waals surface area contributed by atoms with E-state index in [9.17, 15) is 23.6 Å². The summed E-state index contributed by atoms with van der Waals surface area (Å²) >= 11 is 0. The van der Waals surface area contributed by atoms with Crippen LogP contribution in [-0.4, -0.2) is 73.3 Å². The molecule has 1 saturated heterocycles. The highest BCUT2D eigenvalue weighted by Crippen LogP contribution is 2.17. The number of hydrogen-bond acceptors (Lipinski definition) is 6. The molecule has 0 aromatic heterocycles. The third kappa shape index (κ3) is 16.4. The number of nitrogens with two attached hydrogens (primary N) is 2. The topological polar surface area (TPSA) is 184 Å². The van der Waals surface area contributed by atoms with Crippen molar-refractivity contribution in [1.29, 1.82) is 5.26 Å². The predicted molar refractivity (Wildman–Crippen MR) is 150 cm³/mol. The number of likely N-dealkylation sites (tertiary alicyclic amines) is 1. The Balaban J connectivity index is 0. The lowest BCUT2D eigenvalue weighted by Crippen LogP contribution is -2.49. The quantitative estimate of drug-likeness (QED) is 0.268. The van der Waals surface area contributed by atoms with Gasteiger partial charge in [0.2, 0.25) is 11.8 Å². The number of amides is 3. The van der Waals surface area contributed by atoms with Crippen molar-refractivity contribution < 1.29 is 23.6 Å². The van der Waals surface area contributed by atoms with Gasteiger partial charge in [-0.1, -0.05) is 41.0 Å². The molecule has 12 heteroatoms. The summed E-state index contributed by atoms with van der Waals surface area (Å²) in [6.45, 7) is 9.51. The van der Waals surface area contributed by atoms with Gasteiger partial charge in [-0.15, -0.1) is 0 Å². The Morgan fingerprint density at radius 3 is 2.13 bits per heavy atom. The average molecular weight is 550 g/mol. The first-order valence-electron chi connectivity index (χ1n) is 13.1. The maximum atomic E-state index is 12.4. The van der Waals surface area contributed by atoms with Crippen molar-refractivity contribution >= 4 is 29.5 Å². The maximum Gasteiger partial charge on any atom is 0.251 e. The van der Waals surface area contributed by atoms with Gasteiger partial charge in [0.05, 0.1) is 24.7 Å². The number of rotatable bonds is 9. The van der Waals surface area contributed by atoms with Crippen LogP contribution in [0.15, 0.2) is 29.3 Å². The molecule has 1 aromatic carbocycles. The second-order valence-corrected chi connectivity index (χ2v) is 8.02. The highest BCUT2D eigenvalue weighted by atomic mass is 19.1. The molecule has 1 atom stereocenters. The molecule has 0 aliphatic carbocycles.